The molecule has 0 saturated heterocycles. The Kier molecular flexibility index (Phi) is 18.7. The van der Waals surface area contributed by atoms with Crippen LogP contribution in [0.15, 0.2) is 36.5 Å². The van der Waals surface area contributed by atoms with Gasteiger partial charge in [0.05, 0.1) is 6.61 Å². The molecule has 2 heteroatoms. The van der Waals surface area contributed by atoms with Crippen molar-refractivity contribution in [1.29, 1.82) is 0 Å². The Morgan fingerprint density at radius 3 is 1.88 bits per heavy atom. The summed E-state index contributed by atoms with van der Waals surface area (Å²) >= 11 is 0. The highest BCUT2D eigenvalue weighted by atomic mass is 16.5. The fraction of sp³-hybridized carbons (Fsp3) is 0.682. The Labute approximate surface area is 150 Å². The molecule has 0 heterocycles. The zero-order valence-electron chi connectivity index (χ0n) is 16.0. The first-order chi connectivity index (χ1) is 11.8. The van der Waals surface area contributed by atoms with Crippen molar-refractivity contribution < 1.29 is 9.53 Å². The van der Waals surface area contributed by atoms with Crippen LogP contribution in [0.5, 0.6) is 0 Å². The van der Waals surface area contributed by atoms with Crippen molar-refractivity contribution in [1.82, 2.24) is 0 Å². The fourth-order valence-electron chi connectivity index (χ4n) is 2.48. The highest BCUT2D eigenvalue weighted by Gasteiger charge is 2.00. The van der Waals surface area contributed by atoms with Crippen molar-refractivity contribution in [2.75, 3.05) is 6.61 Å². The molecular formula is C22H38O2. The molecule has 138 valence electrons. The number of carbonyl (C=O) groups is 1. The molecule has 0 bridgehead atoms. The highest BCUT2D eigenvalue weighted by Crippen LogP contribution is 2.10. The predicted molar refractivity (Wildman–Crippen MR) is 105 cm³/mol. The molecule has 0 radical (unpaired) electrons. The standard InChI is InChI=1S/C22H38O2/c1-3-5-6-7-8-9-10-11-12-13-14-15-16-17-18-19-20-21-22(23)24-4-2/h5-6,8-9,11-12H,3-4,7,10,13-21H2,1-2H3. The van der Waals surface area contributed by atoms with Gasteiger partial charge in [-0.05, 0) is 45.4 Å². The Hall–Kier alpha value is -1.31. The molecule has 0 spiro atoms. The molecule has 0 atom stereocenters. The first-order valence-electron chi connectivity index (χ1n) is 9.91. The van der Waals surface area contributed by atoms with Crippen molar-refractivity contribution in [3.05, 3.63) is 36.5 Å². The lowest BCUT2D eigenvalue weighted by Crippen LogP contribution is -2.03. The number of esters is 1. The minimum atomic E-state index is -0.0449. The summed E-state index contributed by atoms with van der Waals surface area (Å²) in [6.07, 6.45) is 27.1. The van der Waals surface area contributed by atoms with E-state index in [0.717, 1.165) is 32.1 Å². The summed E-state index contributed by atoms with van der Waals surface area (Å²) in [6, 6.07) is 0. The van der Waals surface area contributed by atoms with Crippen LogP contribution in [-0.4, -0.2) is 12.6 Å². The minimum Gasteiger partial charge on any atom is -0.466 e. The second kappa shape index (κ2) is 19.7. The zero-order chi connectivity index (χ0) is 17.7. The highest BCUT2D eigenvalue weighted by molar-refractivity contribution is 5.69. The maximum absolute atomic E-state index is 11.2. The lowest BCUT2D eigenvalue weighted by Gasteiger charge is -2.02. The Morgan fingerprint density at radius 2 is 1.25 bits per heavy atom. The number of allylic oxidation sites excluding steroid dienone is 6. The van der Waals surface area contributed by atoms with Gasteiger partial charge in [-0.3, -0.25) is 4.79 Å². The second-order valence-corrected chi connectivity index (χ2v) is 6.11. The van der Waals surface area contributed by atoms with Gasteiger partial charge in [-0.25, -0.2) is 0 Å². The maximum Gasteiger partial charge on any atom is 0.305 e. The van der Waals surface area contributed by atoms with Crippen LogP contribution in [0.1, 0.15) is 90.9 Å². The van der Waals surface area contributed by atoms with Gasteiger partial charge >= 0.3 is 5.97 Å². The van der Waals surface area contributed by atoms with E-state index < -0.39 is 0 Å². The molecule has 0 aliphatic carbocycles. The second-order valence-electron chi connectivity index (χ2n) is 6.11. The van der Waals surface area contributed by atoms with Gasteiger partial charge in [0.25, 0.3) is 0 Å². The van der Waals surface area contributed by atoms with E-state index in [1.165, 1.54) is 38.5 Å². The molecule has 0 aromatic carbocycles. The SMILES string of the molecule is CCC=CCC=CCC=CCCCCCCCCCC(=O)OCC. The van der Waals surface area contributed by atoms with Gasteiger partial charge in [-0.1, -0.05) is 75.5 Å². The number of hydrogen-bond acceptors (Lipinski definition) is 2. The summed E-state index contributed by atoms with van der Waals surface area (Å²) in [6.45, 7) is 4.52. The molecule has 0 saturated carbocycles. The third kappa shape index (κ3) is 18.7. The molecule has 0 aromatic heterocycles. The van der Waals surface area contributed by atoms with E-state index in [1.807, 2.05) is 6.92 Å². The number of carbonyl (C=O) groups excluding carboxylic acids is 1. The van der Waals surface area contributed by atoms with Crippen molar-refractivity contribution in [2.24, 2.45) is 0 Å². The Bertz CT molecular complexity index is 353. The van der Waals surface area contributed by atoms with E-state index >= 15 is 0 Å². The molecule has 0 N–H and O–H groups in total. The molecule has 0 aromatic rings. The summed E-state index contributed by atoms with van der Waals surface area (Å²) in [5.74, 6) is -0.0449. The predicted octanol–water partition coefficient (Wildman–Crippen LogP) is 6.92. The third-order valence-electron chi connectivity index (χ3n) is 3.84. The quantitative estimate of drug-likeness (QED) is 0.174. The molecule has 24 heavy (non-hydrogen) atoms. The van der Waals surface area contributed by atoms with E-state index in [-0.39, 0.29) is 5.97 Å². The summed E-state index contributed by atoms with van der Waals surface area (Å²) in [5.41, 5.74) is 0. The number of unbranched alkanes of at least 4 members (excludes halogenated alkanes) is 7. The lowest BCUT2D eigenvalue weighted by molar-refractivity contribution is -0.143. The van der Waals surface area contributed by atoms with Gasteiger partial charge in [0.15, 0.2) is 0 Å². The summed E-state index contributed by atoms with van der Waals surface area (Å²) in [7, 11) is 0. The van der Waals surface area contributed by atoms with Crippen molar-refractivity contribution in [3.8, 4) is 0 Å². The van der Waals surface area contributed by atoms with E-state index in [9.17, 15) is 4.79 Å². The number of ether oxygens (including phenoxy) is 1. The Balaban J connectivity index is 3.23. The van der Waals surface area contributed by atoms with Crippen LogP contribution in [0.2, 0.25) is 0 Å². The maximum atomic E-state index is 11.2. The molecule has 0 rings (SSSR count). The van der Waals surface area contributed by atoms with Crippen LogP contribution < -0.4 is 0 Å². The monoisotopic (exact) mass is 334 g/mol. The zero-order valence-corrected chi connectivity index (χ0v) is 16.0. The molecule has 0 aliphatic heterocycles. The molecule has 0 unspecified atom stereocenters. The lowest BCUT2D eigenvalue weighted by atomic mass is 10.1. The molecule has 0 amide bonds. The topological polar surface area (TPSA) is 26.3 Å². The van der Waals surface area contributed by atoms with Crippen LogP contribution in [0.4, 0.5) is 0 Å². The van der Waals surface area contributed by atoms with Gasteiger partial charge in [0, 0.05) is 6.42 Å². The normalized spacial score (nSPS) is 11.9. The third-order valence-corrected chi connectivity index (χ3v) is 3.84. The number of rotatable bonds is 16. The first kappa shape index (κ1) is 22.7. The molecular weight excluding hydrogens is 296 g/mol. The van der Waals surface area contributed by atoms with Gasteiger partial charge in [0.2, 0.25) is 0 Å². The largest absolute Gasteiger partial charge is 0.466 e. The van der Waals surface area contributed by atoms with Crippen molar-refractivity contribution in [2.45, 2.75) is 90.9 Å². The average molecular weight is 335 g/mol. The molecule has 0 aliphatic rings. The molecule has 0 fully saturated rings. The fourth-order valence-corrected chi connectivity index (χ4v) is 2.48. The first-order valence-corrected chi connectivity index (χ1v) is 9.91. The van der Waals surface area contributed by atoms with E-state index in [1.54, 1.807) is 0 Å². The number of hydrogen-bond donors (Lipinski definition) is 0. The van der Waals surface area contributed by atoms with Crippen LogP contribution in [0.3, 0.4) is 0 Å². The Morgan fingerprint density at radius 1 is 0.708 bits per heavy atom. The summed E-state index contributed by atoms with van der Waals surface area (Å²) in [5, 5.41) is 0. The minimum absolute atomic E-state index is 0.0449. The molecule has 2 nitrogen and oxygen atoms in total. The van der Waals surface area contributed by atoms with Gasteiger partial charge in [0.1, 0.15) is 0 Å². The van der Waals surface area contributed by atoms with Gasteiger partial charge in [-0.2, -0.15) is 0 Å². The van der Waals surface area contributed by atoms with Crippen LogP contribution in [0.25, 0.3) is 0 Å². The van der Waals surface area contributed by atoms with Crippen LogP contribution in [0, 0.1) is 0 Å². The smallest absolute Gasteiger partial charge is 0.305 e. The van der Waals surface area contributed by atoms with Crippen molar-refractivity contribution in [3.63, 3.8) is 0 Å². The summed E-state index contributed by atoms with van der Waals surface area (Å²) < 4.78 is 4.92. The van der Waals surface area contributed by atoms with Crippen LogP contribution >= 0.6 is 0 Å². The van der Waals surface area contributed by atoms with E-state index in [2.05, 4.69) is 43.4 Å². The van der Waals surface area contributed by atoms with Gasteiger partial charge < -0.3 is 4.74 Å². The van der Waals surface area contributed by atoms with E-state index in [4.69, 9.17) is 4.74 Å². The van der Waals surface area contributed by atoms with Gasteiger partial charge in [-0.15, -0.1) is 0 Å². The van der Waals surface area contributed by atoms with Crippen molar-refractivity contribution >= 4 is 5.97 Å². The van der Waals surface area contributed by atoms with E-state index in [0.29, 0.717) is 13.0 Å². The van der Waals surface area contributed by atoms with Crippen LogP contribution in [-0.2, 0) is 9.53 Å². The summed E-state index contributed by atoms with van der Waals surface area (Å²) in [4.78, 5) is 11.2. The average Bonchev–Trinajstić information content (AvgIpc) is 2.58.